The Hall–Kier alpha value is -1.03. The standard InChI is InChI=1S/C16H30O4/c1-2-3-4-5-6-7-8-9-10-11-12-20-16(19)15(13-17)14-18/h13,17-18H,2-12,14H2,1H3. The molecule has 0 aromatic carbocycles. The van der Waals surface area contributed by atoms with Gasteiger partial charge in [-0.1, -0.05) is 64.7 Å². The summed E-state index contributed by atoms with van der Waals surface area (Å²) in [5.74, 6) is -0.633. The van der Waals surface area contributed by atoms with Gasteiger partial charge < -0.3 is 14.9 Å². The predicted molar refractivity (Wildman–Crippen MR) is 80.6 cm³/mol. The molecule has 0 amide bonds. The Labute approximate surface area is 122 Å². The van der Waals surface area contributed by atoms with Gasteiger partial charge in [-0.3, -0.25) is 0 Å². The molecule has 0 aliphatic carbocycles. The van der Waals surface area contributed by atoms with Gasteiger partial charge in [0.1, 0.15) is 0 Å². The zero-order valence-electron chi connectivity index (χ0n) is 12.8. The molecule has 4 nitrogen and oxygen atoms in total. The maximum atomic E-state index is 11.3. The Morgan fingerprint density at radius 3 is 1.90 bits per heavy atom. The van der Waals surface area contributed by atoms with Crippen molar-refractivity contribution in [3.8, 4) is 0 Å². The Morgan fingerprint density at radius 2 is 1.45 bits per heavy atom. The number of esters is 1. The van der Waals surface area contributed by atoms with Gasteiger partial charge >= 0.3 is 5.97 Å². The van der Waals surface area contributed by atoms with Crippen molar-refractivity contribution in [2.75, 3.05) is 13.2 Å². The number of hydrogen-bond acceptors (Lipinski definition) is 4. The first-order valence-corrected chi connectivity index (χ1v) is 7.87. The molecule has 0 aliphatic heterocycles. The molecule has 0 radical (unpaired) electrons. The maximum absolute atomic E-state index is 11.3. The fourth-order valence-corrected chi connectivity index (χ4v) is 2.01. The van der Waals surface area contributed by atoms with Gasteiger partial charge in [0.2, 0.25) is 0 Å². The van der Waals surface area contributed by atoms with Crippen LogP contribution in [-0.2, 0) is 9.53 Å². The third-order valence-electron chi connectivity index (χ3n) is 3.32. The second-order valence-electron chi connectivity index (χ2n) is 5.13. The lowest BCUT2D eigenvalue weighted by Gasteiger charge is -2.05. The van der Waals surface area contributed by atoms with Crippen LogP contribution >= 0.6 is 0 Å². The van der Waals surface area contributed by atoms with Crippen molar-refractivity contribution >= 4 is 5.97 Å². The summed E-state index contributed by atoms with van der Waals surface area (Å²) >= 11 is 0. The minimum absolute atomic E-state index is 0.0999. The fourth-order valence-electron chi connectivity index (χ4n) is 2.01. The summed E-state index contributed by atoms with van der Waals surface area (Å²) in [5.41, 5.74) is -0.0999. The molecule has 0 spiro atoms. The van der Waals surface area contributed by atoms with E-state index in [1.54, 1.807) is 0 Å². The highest BCUT2D eigenvalue weighted by atomic mass is 16.5. The van der Waals surface area contributed by atoms with E-state index in [2.05, 4.69) is 6.92 Å². The van der Waals surface area contributed by atoms with Crippen LogP contribution in [0.25, 0.3) is 0 Å². The molecule has 0 aromatic rings. The van der Waals surface area contributed by atoms with Gasteiger partial charge in [0.05, 0.1) is 25.0 Å². The van der Waals surface area contributed by atoms with E-state index >= 15 is 0 Å². The third-order valence-corrected chi connectivity index (χ3v) is 3.32. The van der Waals surface area contributed by atoms with Crippen molar-refractivity contribution in [1.29, 1.82) is 0 Å². The summed E-state index contributed by atoms with van der Waals surface area (Å²) in [5, 5.41) is 17.4. The molecule has 0 saturated heterocycles. The Balaban J connectivity index is 3.27. The van der Waals surface area contributed by atoms with E-state index in [-0.39, 0.29) is 5.57 Å². The first-order chi connectivity index (χ1) is 9.76. The molecule has 0 bridgehead atoms. The largest absolute Gasteiger partial charge is 0.515 e. The van der Waals surface area contributed by atoms with Crippen molar-refractivity contribution in [3.63, 3.8) is 0 Å². The molecule has 0 fully saturated rings. The highest BCUT2D eigenvalue weighted by Crippen LogP contribution is 2.10. The number of aliphatic hydroxyl groups is 2. The summed E-state index contributed by atoms with van der Waals surface area (Å²) in [6.07, 6.45) is 12.9. The van der Waals surface area contributed by atoms with Gasteiger partial charge in [-0.15, -0.1) is 0 Å². The van der Waals surface area contributed by atoms with E-state index in [1.165, 1.54) is 51.4 Å². The van der Waals surface area contributed by atoms with Crippen molar-refractivity contribution in [2.24, 2.45) is 0 Å². The van der Waals surface area contributed by atoms with Crippen molar-refractivity contribution in [3.05, 3.63) is 11.8 Å². The Kier molecular flexibility index (Phi) is 13.6. The first kappa shape index (κ1) is 19.0. The third kappa shape index (κ3) is 10.9. The summed E-state index contributed by atoms with van der Waals surface area (Å²) in [4.78, 5) is 11.3. The van der Waals surface area contributed by atoms with Crippen LogP contribution in [0.1, 0.15) is 71.1 Å². The van der Waals surface area contributed by atoms with Crippen molar-refractivity contribution in [2.45, 2.75) is 71.1 Å². The summed E-state index contributed by atoms with van der Waals surface area (Å²) in [7, 11) is 0. The van der Waals surface area contributed by atoms with Crippen LogP contribution in [0.15, 0.2) is 11.8 Å². The first-order valence-electron chi connectivity index (χ1n) is 7.87. The van der Waals surface area contributed by atoms with E-state index in [1.807, 2.05) is 0 Å². The number of hydrogen-bond donors (Lipinski definition) is 2. The molecule has 0 atom stereocenters. The zero-order chi connectivity index (χ0) is 15.1. The second-order valence-corrected chi connectivity index (χ2v) is 5.13. The Morgan fingerprint density at radius 1 is 0.950 bits per heavy atom. The number of carbonyl (C=O) groups excluding carboxylic acids is 1. The van der Waals surface area contributed by atoms with E-state index in [4.69, 9.17) is 14.9 Å². The van der Waals surface area contributed by atoms with Gasteiger partial charge in [0.15, 0.2) is 0 Å². The van der Waals surface area contributed by atoms with Crippen LogP contribution in [0.2, 0.25) is 0 Å². The minimum atomic E-state index is -0.633. The van der Waals surface area contributed by atoms with E-state index < -0.39 is 12.6 Å². The van der Waals surface area contributed by atoms with Gasteiger partial charge in [-0.2, -0.15) is 0 Å². The van der Waals surface area contributed by atoms with Crippen LogP contribution in [0.3, 0.4) is 0 Å². The van der Waals surface area contributed by atoms with Crippen LogP contribution < -0.4 is 0 Å². The molecule has 20 heavy (non-hydrogen) atoms. The lowest BCUT2D eigenvalue weighted by atomic mass is 10.1. The number of carbonyl (C=O) groups is 1. The second kappa shape index (κ2) is 14.4. The van der Waals surface area contributed by atoms with Crippen LogP contribution in [0.5, 0.6) is 0 Å². The number of unbranched alkanes of at least 4 members (excludes halogenated alkanes) is 9. The van der Waals surface area contributed by atoms with Gasteiger partial charge in [0, 0.05) is 0 Å². The van der Waals surface area contributed by atoms with Gasteiger partial charge in [-0.05, 0) is 6.42 Å². The van der Waals surface area contributed by atoms with E-state index in [9.17, 15) is 4.79 Å². The highest BCUT2D eigenvalue weighted by molar-refractivity contribution is 5.88. The summed E-state index contributed by atoms with van der Waals surface area (Å²) < 4.78 is 4.93. The Bertz CT molecular complexity index is 261. The molecule has 118 valence electrons. The maximum Gasteiger partial charge on any atom is 0.339 e. The van der Waals surface area contributed by atoms with E-state index in [0.29, 0.717) is 12.9 Å². The van der Waals surface area contributed by atoms with Crippen molar-refractivity contribution < 1.29 is 19.7 Å². The summed E-state index contributed by atoms with van der Waals surface area (Å²) in [6.45, 7) is 2.09. The quantitative estimate of drug-likeness (QED) is 0.233. The molecule has 0 rings (SSSR count). The van der Waals surface area contributed by atoms with Crippen molar-refractivity contribution in [1.82, 2.24) is 0 Å². The molecule has 2 N–H and O–H groups in total. The van der Waals surface area contributed by atoms with Crippen LogP contribution in [0.4, 0.5) is 0 Å². The zero-order valence-corrected chi connectivity index (χ0v) is 12.8. The predicted octanol–water partition coefficient (Wildman–Crippen LogP) is 3.88. The topological polar surface area (TPSA) is 66.8 Å². The highest BCUT2D eigenvalue weighted by Gasteiger charge is 2.09. The molecule has 4 heteroatoms. The molecular formula is C16H30O4. The average molecular weight is 286 g/mol. The SMILES string of the molecule is CCCCCCCCCCCCOC(=O)C(=CO)CO. The molecule has 0 saturated carbocycles. The fraction of sp³-hybridized carbons (Fsp3) is 0.812. The van der Waals surface area contributed by atoms with Gasteiger partial charge in [0.25, 0.3) is 0 Å². The lowest BCUT2D eigenvalue weighted by Crippen LogP contribution is -2.11. The van der Waals surface area contributed by atoms with Gasteiger partial charge in [-0.25, -0.2) is 4.79 Å². The van der Waals surface area contributed by atoms with Crippen LogP contribution in [0, 0.1) is 0 Å². The summed E-state index contributed by atoms with van der Waals surface area (Å²) in [6, 6.07) is 0. The average Bonchev–Trinajstić information content (AvgIpc) is 2.46. The van der Waals surface area contributed by atoms with Crippen LogP contribution in [-0.4, -0.2) is 29.4 Å². The normalized spacial score (nSPS) is 11.6. The number of ether oxygens (including phenoxy) is 1. The molecule has 0 unspecified atom stereocenters. The molecular weight excluding hydrogens is 256 g/mol. The van der Waals surface area contributed by atoms with E-state index in [0.717, 1.165) is 12.8 Å². The molecule has 0 aromatic heterocycles. The minimum Gasteiger partial charge on any atom is -0.515 e. The number of rotatable bonds is 13. The molecule has 0 heterocycles. The smallest absolute Gasteiger partial charge is 0.339 e. The monoisotopic (exact) mass is 286 g/mol. The lowest BCUT2D eigenvalue weighted by molar-refractivity contribution is -0.139. The molecule has 0 aliphatic rings. The number of aliphatic hydroxyl groups excluding tert-OH is 2.